The summed E-state index contributed by atoms with van der Waals surface area (Å²) in [5.41, 5.74) is -0.0784. The number of hydrogen-bond acceptors (Lipinski definition) is 4. The lowest BCUT2D eigenvalue weighted by molar-refractivity contribution is -0.144. The minimum Gasteiger partial charge on any atom is -0.467 e. The summed E-state index contributed by atoms with van der Waals surface area (Å²) < 4.78 is 4.80. The van der Waals surface area contributed by atoms with Gasteiger partial charge in [0.1, 0.15) is 11.8 Å². The average Bonchev–Trinajstić information content (AvgIpc) is 2.27. The van der Waals surface area contributed by atoms with Crippen LogP contribution in [0, 0.1) is 11.3 Å². The predicted octanol–water partition coefficient (Wildman–Crippen LogP) is 2.40. The lowest BCUT2D eigenvalue weighted by atomic mass is 9.83. The Bertz CT molecular complexity index is 341. The molecule has 0 aromatic heterocycles. The first-order chi connectivity index (χ1) is 8.33. The van der Waals surface area contributed by atoms with Crippen molar-refractivity contribution in [1.82, 2.24) is 0 Å². The van der Waals surface area contributed by atoms with Gasteiger partial charge in [0, 0.05) is 19.1 Å². The van der Waals surface area contributed by atoms with Crippen LogP contribution in [0.5, 0.6) is 0 Å². The highest BCUT2D eigenvalue weighted by Crippen LogP contribution is 2.27. The van der Waals surface area contributed by atoms with Crippen LogP contribution in [0.25, 0.3) is 0 Å². The molecule has 2 unspecified atom stereocenters. The van der Waals surface area contributed by atoms with Crippen molar-refractivity contribution in [3.63, 3.8) is 0 Å². The van der Waals surface area contributed by atoms with Crippen molar-refractivity contribution in [3.8, 4) is 0 Å². The number of methoxy groups -OCH3 is 1. The third-order valence-corrected chi connectivity index (χ3v) is 3.03. The van der Waals surface area contributed by atoms with Crippen LogP contribution in [-0.2, 0) is 14.3 Å². The molecule has 0 aliphatic heterocycles. The first-order valence-corrected chi connectivity index (χ1v) is 6.47. The first-order valence-electron chi connectivity index (χ1n) is 6.47. The molecule has 1 aliphatic rings. The number of carbonyl (C=O) groups is 2. The largest absolute Gasteiger partial charge is 0.467 e. The number of esters is 1. The van der Waals surface area contributed by atoms with Gasteiger partial charge >= 0.3 is 5.97 Å². The quantitative estimate of drug-likeness (QED) is 0.573. The third kappa shape index (κ3) is 4.59. The molecule has 1 fully saturated rings. The maximum atomic E-state index is 11.8. The monoisotopic (exact) mass is 253 g/mol. The minimum absolute atomic E-state index is 0.00250. The van der Waals surface area contributed by atoms with Gasteiger partial charge in [-0.2, -0.15) is 0 Å². The second-order valence-corrected chi connectivity index (χ2v) is 6.01. The van der Waals surface area contributed by atoms with Crippen LogP contribution >= 0.6 is 0 Å². The molecule has 0 radical (unpaired) electrons. The van der Waals surface area contributed by atoms with Crippen LogP contribution in [0.3, 0.4) is 0 Å². The van der Waals surface area contributed by atoms with E-state index in [0.29, 0.717) is 12.8 Å². The molecule has 0 N–H and O–H groups in total. The maximum absolute atomic E-state index is 11.8. The average molecular weight is 253 g/mol. The zero-order valence-corrected chi connectivity index (χ0v) is 11.7. The molecular weight excluding hydrogens is 230 g/mol. The molecule has 0 spiro atoms. The molecule has 2 atom stereocenters. The summed E-state index contributed by atoms with van der Waals surface area (Å²) >= 11 is 0. The van der Waals surface area contributed by atoms with E-state index in [1.807, 2.05) is 20.8 Å². The number of hydrogen-bond donors (Lipinski definition) is 0. The molecule has 0 saturated heterocycles. The Kier molecular flexibility index (Phi) is 5.05. The number of ether oxygens (including phenoxy) is 1. The Labute approximate surface area is 109 Å². The van der Waals surface area contributed by atoms with Crippen molar-refractivity contribution in [3.05, 3.63) is 0 Å². The minimum atomic E-state index is -0.529. The van der Waals surface area contributed by atoms with Gasteiger partial charge in [-0.3, -0.25) is 9.79 Å². The number of Topliss-reactive ketones (excluding diaryl/α,β-unsaturated/α-hetero) is 1. The molecule has 4 heteroatoms. The molecule has 18 heavy (non-hydrogen) atoms. The van der Waals surface area contributed by atoms with E-state index in [0.717, 1.165) is 12.8 Å². The second-order valence-electron chi connectivity index (χ2n) is 6.01. The molecule has 1 saturated carbocycles. The summed E-state index contributed by atoms with van der Waals surface area (Å²) in [6.45, 7) is 6.07. The van der Waals surface area contributed by atoms with Crippen LogP contribution in [0.1, 0.15) is 46.5 Å². The Morgan fingerprint density at radius 3 is 2.67 bits per heavy atom. The van der Waals surface area contributed by atoms with Gasteiger partial charge in [-0.1, -0.05) is 20.8 Å². The van der Waals surface area contributed by atoms with Gasteiger partial charge in [-0.15, -0.1) is 0 Å². The lowest BCUT2D eigenvalue weighted by Crippen LogP contribution is -2.33. The maximum Gasteiger partial charge on any atom is 0.330 e. The molecule has 0 aromatic rings. The second kappa shape index (κ2) is 6.12. The Balaban J connectivity index is 2.81. The highest BCUT2D eigenvalue weighted by Gasteiger charge is 2.32. The number of carbonyl (C=O) groups excluding carboxylic acids is 2. The van der Waals surface area contributed by atoms with Crippen LogP contribution in [0.15, 0.2) is 4.99 Å². The van der Waals surface area contributed by atoms with E-state index in [9.17, 15) is 9.59 Å². The van der Waals surface area contributed by atoms with Crippen LogP contribution in [0.4, 0.5) is 0 Å². The summed E-state index contributed by atoms with van der Waals surface area (Å²) in [7, 11) is 1.37. The molecular formula is C14H23NO3. The molecule has 0 bridgehead atoms. The molecule has 102 valence electrons. The van der Waals surface area contributed by atoms with E-state index >= 15 is 0 Å². The van der Waals surface area contributed by atoms with Gasteiger partial charge in [0.05, 0.1) is 7.11 Å². The van der Waals surface area contributed by atoms with Gasteiger partial charge < -0.3 is 4.74 Å². The van der Waals surface area contributed by atoms with E-state index in [4.69, 9.17) is 4.74 Å². The van der Waals surface area contributed by atoms with E-state index < -0.39 is 6.04 Å². The molecule has 1 aliphatic carbocycles. The summed E-state index contributed by atoms with van der Waals surface area (Å²) in [5, 5.41) is 0. The SMILES string of the molecule is COC(=O)C(N=CC(C)(C)C)C1CCCC(=O)C1. The molecule has 1 rings (SSSR count). The van der Waals surface area contributed by atoms with Crippen LogP contribution in [-0.4, -0.2) is 31.1 Å². The highest BCUT2D eigenvalue weighted by molar-refractivity contribution is 5.83. The fraction of sp³-hybridized carbons (Fsp3) is 0.786. The molecule has 0 amide bonds. The van der Waals surface area contributed by atoms with Crippen LogP contribution in [0.2, 0.25) is 0 Å². The topological polar surface area (TPSA) is 55.7 Å². The summed E-state index contributed by atoms with van der Waals surface area (Å²) in [5.74, 6) is -0.112. The van der Waals surface area contributed by atoms with Crippen molar-refractivity contribution in [1.29, 1.82) is 0 Å². The number of aliphatic imine (C=N–C) groups is 1. The highest BCUT2D eigenvalue weighted by atomic mass is 16.5. The van der Waals surface area contributed by atoms with Crippen molar-refractivity contribution in [2.24, 2.45) is 16.3 Å². The van der Waals surface area contributed by atoms with Crippen molar-refractivity contribution in [2.45, 2.75) is 52.5 Å². The van der Waals surface area contributed by atoms with Gasteiger partial charge in [0.2, 0.25) is 0 Å². The zero-order chi connectivity index (χ0) is 13.8. The third-order valence-electron chi connectivity index (χ3n) is 3.03. The Morgan fingerprint density at radius 1 is 1.50 bits per heavy atom. The van der Waals surface area contributed by atoms with E-state index in [1.54, 1.807) is 6.21 Å². The number of nitrogens with zero attached hydrogens (tertiary/aromatic N) is 1. The van der Waals surface area contributed by atoms with Crippen LogP contribution < -0.4 is 0 Å². The zero-order valence-electron chi connectivity index (χ0n) is 11.7. The fourth-order valence-electron chi connectivity index (χ4n) is 2.13. The molecule has 0 aromatic carbocycles. The van der Waals surface area contributed by atoms with E-state index in [2.05, 4.69) is 4.99 Å². The summed E-state index contributed by atoms with van der Waals surface area (Å²) in [6.07, 6.45) is 4.58. The van der Waals surface area contributed by atoms with Gasteiger partial charge in [0.15, 0.2) is 0 Å². The Hall–Kier alpha value is -1.19. The van der Waals surface area contributed by atoms with Crippen molar-refractivity contribution < 1.29 is 14.3 Å². The molecule has 0 heterocycles. The summed E-state index contributed by atoms with van der Waals surface area (Å²) in [6, 6.07) is -0.529. The first kappa shape index (κ1) is 14.9. The van der Waals surface area contributed by atoms with E-state index in [-0.39, 0.29) is 23.1 Å². The fourth-order valence-corrected chi connectivity index (χ4v) is 2.13. The number of ketones is 1. The van der Waals surface area contributed by atoms with E-state index in [1.165, 1.54) is 7.11 Å². The van der Waals surface area contributed by atoms with Gasteiger partial charge in [0.25, 0.3) is 0 Å². The van der Waals surface area contributed by atoms with Gasteiger partial charge in [-0.25, -0.2) is 4.79 Å². The van der Waals surface area contributed by atoms with Crippen molar-refractivity contribution >= 4 is 18.0 Å². The lowest BCUT2D eigenvalue weighted by Gasteiger charge is -2.25. The Morgan fingerprint density at radius 2 is 2.17 bits per heavy atom. The summed E-state index contributed by atoms with van der Waals surface area (Å²) in [4.78, 5) is 27.6. The molecule has 4 nitrogen and oxygen atoms in total. The smallest absolute Gasteiger partial charge is 0.330 e. The van der Waals surface area contributed by atoms with Gasteiger partial charge in [-0.05, 0) is 24.2 Å². The predicted molar refractivity (Wildman–Crippen MR) is 70.7 cm³/mol. The number of rotatable bonds is 3. The standard InChI is InChI=1S/C14H23NO3/c1-14(2,3)9-15-12(13(17)18-4)10-6-5-7-11(16)8-10/h9-10,12H,5-8H2,1-4H3. The van der Waals surface area contributed by atoms with Crippen molar-refractivity contribution in [2.75, 3.05) is 7.11 Å². The normalized spacial score (nSPS) is 23.1.